The highest BCUT2D eigenvalue weighted by atomic mass is 19.4. The van der Waals surface area contributed by atoms with E-state index in [2.05, 4.69) is 31.0 Å². The highest BCUT2D eigenvalue weighted by Gasteiger charge is 2.31. The number of ether oxygens (including phenoxy) is 1. The van der Waals surface area contributed by atoms with Crippen molar-refractivity contribution in [3.8, 4) is 5.75 Å². The van der Waals surface area contributed by atoms with E-state index in [1.165, 1.54) is 12.1 Å². The summed E-state index contributed by atoms with van der Waals surface area (Å²) >= 11 is 0. The average molecular weight is 519 g/mol. The Hall–Kier alpha value is -5.19. The molecule has 4 aromatic rings. The summed E-state index contributed by atoms with van der Waals surface area (Å²) in [5, 5.41) is 11.2. The number of amides is 3. The summed E-state index contributed by atoms with van der Waals surface area (Å²) < 4.78 is 41.2. The minimum absolute atomic E-state index is 0.128. The Morgan fingerprint density at radius 1 is 0.842 bits per heavy atom. The van der Waals surface area contributed by atoms with E-state index in [0.717, 1.165) is 23.4 Å². The zero-order valence-electron chi connectivity index (χ0n) is 19.5. The molecule has 0 bridgehead atoms. The molecule has 1 aliphatic heterocycles. The Kier molecular flexibility index (Phi) is 6.48. The van der Waals surface area contributed by atoms with Crippen LogP contribution in [0.25, 0.3) is 11.6 Å². The maximum absolute atomic E-state index is 12.5. The fourth-order valence-electron chi connectivity index (χ4n) is 3.91. The third-order valence-corrected chi connectivity index (χ3v) is 5.46. The van der Waals surface area contributed by atoms with Crippen molar-refractivity contribution < 1.29 is 27.5 Å². The Balaban J connectivity index is 1.24. The van der Waals surface area contributed by atoms with Gasteiger partial charge in [-0.2, -0.15) is 0 Å². The number of anilines is 5. The molecule has 11 heteroatoms. The number of H-pyrrole nitrogens is 1. The highest BCUT2D eigenvalue weighted by Crippen LogP contribution is 2.35. The van der Waals surface area contributed by atoms with E-state index in [0.29, 0.717) is 28.3 Å². The second-order valence-corrected chi connectivity index (χ2v) is 8.26. The first kappa shape index (κ1) is 24.5. The number of hydrogen-bond acceptors (Lipinski definition) is 4. The van der Waals surface area contributed by atoms with Gasteiger partial charge in [-0.1, -0.05) is 18.2 Å². The monoisotopic (exact) mass is 519 g/mol. The molecule has 3 aromatic carbocycles. The van der Waals surface area contributed by atoms with Crippen LogP contribution < -0.4 is 26.0 Å². The van der Waals surface area contributed by atoms with Crippen molar-refractivity contribution in [2.45, 2.75) is 6.36 Å². The van der Waals surface area contributed by atoms with Gasteiger partial charge in [0.15, 0.2) is 0 Å². The SMILES string of the molecule is O=C(Nc1cccc(Nc2ccc3c(c2)NC(=O)/C3=C/c2ccc[nH]2)c1)Nc1cccc(OC(F)(F)F)c1. The van der Waals surface area contributed by atoms with Gasteiger partial charge in [-0.05, 0) is 60.7 Å². The van der Waals surface area contributed by atoms with Gasteiger partial charge in [0.1, 0.15) is 5.75 Å². The molecule has 0 spiro atoms. The first-order valence-corrected chi connectivity index (χ1v) is 11.3. The van der Waals surface area contributed by atoms with Gasteiger partial charge in [-0.3, -0.25) is 4.79 Å². The Morgan fingerprint density at radius 3 is 2.29 bits per heavy atom. The predicted molar refractivity (Wildman–Crippen MR) is 139 cm³/mol. The highest BCUT2D eigenvalue weighted by molar-refractivity contribution is 6.35. The standard InChI is InChI=1S/C27H20F3N5O3/c28-27(29,30)38-21-8-2-6-19(13-21)34-26(37)33-18-5-1-4-17(12-18)32-20-9-10-22-23(14-16-7-3-11-31-16)25(36)35-24(22)15-20/h1-15,31-32H,(H,35,36)(H2,33,34,37)/b23-14+. The second kappa shape index (κ2) is 10.1. The van der Waals surface area contributed by atoms with Gasteiger partial charge in [0.25, 0.3) is 5.91 Å². The number of carbonyl (C=O) groups excluding carboxylic acids is 2. The van der Waals surface area contributed by atoms with Crippen LogP contribution in [0.15, 0.2) is 85.1 Å². The third-order valence-electron chi connectivity index (χ3n) is 5.46. The van der Waals surface area contributed by atoms with E-state index in [1.807, 2.05) is 30.3 Å². The molecule has 0 saturated carbocycles. The summed E-state index contributed by atoms with van der Waals surface area (Å²) in [7, 11) is 0. The van der Waals surface area contributed by atoms with E-state index in [-0.39, 0.29) is 11.6 Å². The average Bonchev–Trinajstić information content (AvgIpc) is 3.46. The molecule has 0 atom stereocenters. The molecular formula is C27H20F3N5O3. The first-order valence-electron chi connectivity index (χ1n) is 11.3. The van der Waals surface area contributed by atoms with Gasteiger partial charge in [0.05, 0.1) is 11.3 Å². The Morgan fingerprint density at radius 2 is 1.55 bits per heavy atom. The summed E-state index contributed by atoms with van der Waals surface area (Å²) in [5.41, 5.74) is 4.78. The summed E-state index contributed by atoms with van der Waals surface area (Å²) in [6, 6.07) is 20.4. The largest absolute Gasteiger partial charge is 0.573 e. The van der Waals surface area contributed by atoms with Gasteiger partial charge in [0, 0.05) is 46.3 Å². The van der Waals surface area contributed by atoms with Crippen molar-refractivity contribution in [2.75, 3.05) is 21.3 Å². The fraction of sp³-hybridized carbons (Fsp3) is 0.0370. The van der Waals surface area contributed by atoms with Crippen LogP contribution in [-0.4, -0.2) is 23.3 Å². The molecular weight excluding hydrogens is 499 g/mol. The van der Waals surface area contributed by atoms with Crippen LogP contribution in [0.5, 0.6) is 5.75 Å². The smallest absolute Gasteiger partial charge is 0.406 e. The van der Waals surface area contributed by atoms with Crippen molar-refractivity contribution in [1.82, 2.24) is 4.98 Å². The molecule has 3 amide bonds. The molecule has 0 saturated heterocycles. The van der Waals surface area contributed by atoms with Crippen molar-refractivity contribution in [1.29, 1.82) is 0 Å². The van der Waals surface area contributed by atoms with Crippen molar-refractivity contribution in [3.05, 3.63) is 96.3 Å². The van der Waals surface area contributed by atoms with Crippen molar-refractivity contribution in [3.63, 3.8) is 0 Å². The lowest BCUT2D eigenvalue weighted by atomic mass is 10.1. The molecule has 0 radical (unpaired) electrons. The van der Waals surface area contributed by atoms with E-state index < -0.39 is 18.1 Å². The van der Waals surface area contributed by atoms with Gasteiger partial charge in [-0.25, -0.2) is 4.79 Å². The third kappa shape index (κ3) is 5.95. The van der Waals surface area contributed by atoms with Crippen LogP contribution in [0.2, 0.25) is 0 Å². The van der Waals surface area contributed by atoms with Crippen LogP contribution in [0.4, 0.5) is 46.4 Å². The summed E-state index contributed by atoms with van der Waals surface area (Å²) in [6.45, 7) is 0. The van der Waals surface area contributed by atoms with E-state index in [1.54, 1.807) is 36.5 Å². The summed E-state index contributed by atoms with van der Waals surface area (Å²) in [5.74, 6) is -0.640. The number of benzene rings is 3. The van der Waals surface area contributed by atoms with Gasteiger partial charge >= 0.3 is 12.4 Å². The number of rotatable bonds is 6. The van der Waals surface area contributed by atoms with Crippen molar-refractivity contribution in [2.24, 2.45) is 0 Å². The molecule has 5 N–H and O–H groups in total. The lowest BCUT2D eigenvalue weighted by molar-refractivity contribution is -0.274. The second-order valence-electron chi connectivity index (χ2n) is 8.26. The molecule has 5 rings (SSSR count). The Bertz CT molecular complexity index is 1530. The number of carbonyl (C=O) groups is 2. The summed E-state index contributed by atoms with van der Waals surface area (Å²) in [6.07, 6.45) is -1.26. The minimum atomic E-state index is -4.83. The van der Waals surface area contributed by atoms with Crippen LogP contribution in [0, 0.1) is 0 Å². The zero-order chi connectivity index (χ0) is 26.7. The van der Waals surface area contributed by atoms with E-state index in [4.69, 9.17) is 0 Å². The molecule has 1 aromatic heterocycles. The quantitative estimate of drug-likeness (QED) is 0.181. The van der Waals surface area contributed by atoms with Crippen LogP contribution >= 0.6 is 0 Å². The van der Waals surface area contributed by atoms with E-state index in [9.17, 15) is 22.8 Å². The minimum Gasteiger partial charge on any atom is -0.406 e. The molecule has 0 fully saturated rings. The number of aromatic nitrogens is 1. The predicted octanol–water partition coefficient (Wildman–Crippen LogP) is 6.79. The number of alkyl halides is 3. The van der Waals surface area contributed by atoms with Gasteiger partial charge in [0.2, 0.25) is 0 Å². The number of aromatic amines is 1. The molecule has 192 valence electrons. The fourth-order valence-corrected chi connectivity index (χ4v) is 3.91. The maximum Gasteiger partial charge on any atom is 0.573 e. The van der Waals surface area contributed by atoms with Gasteiger partial charge < -0.3 is 31.0 Å². The van der Waals surface area contributed by atoms with Crippen LogP contribution in [0.1, 0.15) is 11.3 Å². The molecule has 0 unspecified atom stereocenters. The van der Waals surface area contributed by atoms with E-state index >= 15 is 0 Å². The number of nitrogens with one attached hydrogen (secondary N) is 5. The zero-order valence-corrected chi connectivity index (χ0v) is 19.5. The topological polar surface area (TPSA) is 107 Å². The molecule has 1 aliphatic rings. The summed E-state index contributed by atoms with van der Waals surface area (Å²) in [4.78, 5) is 27.9. The van der Waals surface area contributed by atoms with Crippen LogP contribution in [0.3, 0.4) is 0 Å². The number of hydrogen-bond donors (Lipinski definition) is 5. The van der Waals surface area contributed by atoms with Crippen molar-refractivity contribution >= 4 is 52.0 Å². The molecule has 38 heavy (non-hydrogen) atoms. The van der Waals surface area contributed by atoms with Crippen LogP contribution in [-0.2, 0) is 4.79 Å². The normalized spacial score (nSPS) is 13.6. The molecule has 0 aliphatic carbocycles. The molecule has 2 heterocycles. The number of fused-ring (bicyclic) bond motifs is 1. The lowest BCUT2D eigenvalue weighted by Gasteiger charge is -2.12. The molecule has 8 nitrogen and oxygen atoms in total. The number of urea groups is 1. The first-order chi connectivity index (χ1) is 18.2. The Labute approximate surface area is 214 Å². The van der Waals surface area contributed by atoms with Gasteiger partial charge in [-0.15, -0.1) is 13.2 Å². The number of halogens is 3. The maximum atomic E-state index is 12.5. The lowest BCUT2D eigenvalue weighted by Crippen LogP contribution is -2.20.